The fourth-order valence-electron chi connectivity index (χ4n) is 2.84. The zero-order valence-electron chi connectivity index (χ0n) is 15.7. The maximum Gasteiger partial charge on any atom is 0.335 e. The number of aromatic nitrogens is 2. The quantitative estimate of drug-likeness (QED) is 0.726. The molecule has 1 aromatic heterocycles. The Morgan fingerprint density at radius 1 is 1.22 bits per heavy atom. The van der Waals surface area contributed by atoms with Gasteiger partial charge in [-0.15, -0.1) is 0 Å². The van der Waals surface area contributed by atoms with Gasteiger partial charge < -0.3 is 15.6 Å². The number of aryl methyl sites for hydroxylation is 1. The Labute approximate surface area is 155 Å². The normalized spacial score (nSPS) is 12.7. The minimum absolute atomic E-state index is 0.00997. The fourth-order valence-corrected chi connectivity index (χ4v) is 2.84. The van der Waals surface area contributed by atoms with E-state index in [1.165, 1.54) is 34.4 Å². The second-order valence-electron chi connectivity index (χ2n) is 7.26. The molecule has 146 valence electrons. The van der Waals surface area contributed by atoms with E-state index in [2.05, 4.69) is 0 Å². The molecule has 0 unspecified atom stereocenters. The first-order chi connectivity index (χ1) is 12.4. The maximum absolute atomic E-state index is 12.6. The summed E-state index contributed by atoms with van der Waals surface area (Å²) in [6.45, 7) is 5.18. The van der Waals surface area contributed by atoms with Crippen molar-refractivity contribution in [2.45, 2.75) is 45.3 Å². The van der Waals surface area contributed by atoms with Gasteiger partial charge in [0.1, 0.15) is 11.6 Å². The number of carboxylic acids is 1. The first-order valence-electron chi connectivity index (χ1n) is 8.38. The number of carbonyl (C=O) groups is 3. The van der Waals surface area contributed by atoms with Crippen molar-refractivity contribution >= 4 is 28.9 Å². The van der Waals surface area contributed by atoms with E-state index in [4.69, 9.17) is 15.6 Å². The van der Waals surface area contributed by atoms with E-state index >= 15 is 0 Å². The number of benzene rings is 1. The van der Waals surface area contributed by atoms with E-state index in [1.807, 2.05) is 0 Å². The van der Waals surface area contributed by atoms with Crippen LogP contribution < -0.4 is 11.4 Å². The Balaban J connectivity index is 2.43. The molecule has 2 rings (SSSR count). The van der Waals surface area contributed by atoms with Gasteiger partial charge in [-0.3, -0.25) is 18.7 Å². The lowest BCUT2D eigenvalue weighted by Crippen LogP contribution is -2.35. The van der Waals surface area contributed by atoms with Crippen LogP contribution >= 0.6 is 0 Å². The molecule has 0 aliphatic carbocycles. The van der Waals surface area contributed by atoms with Crippen LogP contribution in [-0.2, 0) is 21.4 Å². The minimum atomic E-state index is -1.13. The molecule has 0 saturated heterocycles. The molecule has 1 heterocycles. The van der Waals surface area contributed by atoms with Crippen LogP contribution in [0.2, 0.25) is 0 Å². The predicted octanol–water partition coefficient (Wildman–Crippen LogP) is 1.19. The van der Waals surface area contributed by atoms with Gasteiger partial charge in [0, 0.05) is 13.5 Å². The SMILES string of the molecule is Cn1c(=O)n([C@@H](CCC(=O)OC(C)(C)C)C(N)=O)c2ccc(C(=O)O)cc21. The molecule has 0 spiro atoms. The monoisotopic (exact) mass is 377 g/mol. The van der Waals surface area contributed by atoms with Crippen LogP contribution in [-0.4, -0.2) is 37.7 Å². The van der Waals surface area contributed by atoms with Crippen molar-refractivity contribution < 1.29 is 24.2 Å². The van der Waals surface area contributed by atoms with Crippen molar-refractivity contribution in [3.05, 3.63) is 34.2 Å². The standard InChI is InChI=1S/C18H23N3O6/c1-18(2,3)27-14(22)8-7-12(15(19)23)21-11-6-5-10(16(24)25)9-13(11)20(4)17(21)26/h5-6,9,12H,7-8H2,1-4H3,(H2,19,23)(H,24,25)/t12-/m0/s1. The average molecular weight is 377 g/mol. The first-order valence-corrected chi connectivity index (χ1v) is 8.38. The number of nitrogens with two attached hydrogens (primary N) is 1. The number of primary amides is 1. The second-order valence-corrected chi connectivity index (χ2v) is 7.26. The molecule has 0 saturated carbocycles. The molecule has 9 heteroatoms. The van der Waals surface area contributed by atoms with Crippen molar-refractivity contribution in [2.75, 3.05) is 0 Å². The number of amides is 1. The highest BCUT2D eigenvalue weighted by atomic mass is 16.6. The number of ether oxygens (including phenoxy) is 1. The van der Waals surface area contributed by atoms with E-state index in [0.29, 0.717) is 11.0 Å². The third-order valence-electron chi connectivity index (χ3n) is 4.02. The van der Waals surface area contributed by atoms with Gasteiger partial charge in [0.2, 0.25) is 5.91 Å². The third-order valence-corrected chi connectivity index (χ3v) is 4.02. The Kier molecular flexibility index (Phi) is 5.43. The van der Waals surface area contributed by atoms with Crippen LogP contribution in [0, 0.1) is 0 Å². The largest absolute Gasteiger partial charge is 0.478 e. The Morgan fingerprint density at radius 3 is 2.37 bits per heavy atom. The molecule has 3 N–H and O–H groups in total. The van der Waals surface area contributed by atoms with Crippen LogP contribution in [0.15, 0.2) is 23.0 Å². The van der Waals surface area contributed by atoms with Gasteiger partial charge in [-0.25, -0.2) is 9.59 Å². The van der Waals surface area contributed by atoms with Crippen molar-refractivity contribution in [1.29, 1.82) is 0 Å². The fraction of sp³-hybridized carbons (Fsp3) is 0.444. The Bertz CT molecular complexity index is 964. The van der Waals surface area contributed by atoms with Gasteiger partial charge in [0.05, 0.1) is 16.6 Å². The van der Waals surface area contributed by atoms with Crippen molar-refractivity contribution in [3.63, 3.8) is 0 Å². The van der Waals surface area contributed by atoms with E-state index in [-0.39, 0.29) is 18.4 Å². The number of nitrogens with zero attached hydrogens (tertiary/aromatic N) is 2. The molecule has 0 aliphatic rings. The summed E-state index contributed by atoms with van der Waals surface area (Å²) in [4.78, 5) is 47.7. The van der Waals surface area contributed by atoms with E-state index in [0.717, 1.165) is 0 Å². The van der Waals surface area contributed by atoms with E-state index in [9.17, 15) is 19.2 Å². The van der Waals surface area contributed by atoms with E-state index in [1.54, 1.807) is 20.8 Å². The summed E-state index contributed by atoms with van der Waals surface area (Å²) >= 11 is 0. The lowest BCUT2D eigenvalue weighted by atomic mass is 10.1. The van der Waals surface area contributed by atoms with Gasteiger partial charge in [0.25, 0.3) is 0 Å². The highest BCUT2D eigenvalue weighted by molar-refractivity contribution is 5.93. The number of rotatable bonds is 6. The van der Waals surface area contributed by atoms with Gasteiger partial charge in [-0.2, -0.15) is 0 Å². The molecule has 9 nitrogen and oxygen atoms in total. The minimum Gasteiger partial charge on any atom is -0.478 e. The summed E-state index contributed by atoms with van der Waals surface area (Å²) in [5.74, 6) is -2.40. The van der Waals surface area contributed by atoms with Crippen LogP contribution in [0.5, 0.6) is 0 Å². The number of esters is 1. The first kappa shape index (κ1) is 20.2. The Morgan fingerprint density at radius 2 is 1.85 bits per heavy atom. The number of carboxylic acid groups (broad SMARTS) is 1. The topological polar surface area (TPSA) is 134 Å². The van der Waals surface area contributed by atoms with Gasteiger partial charge >= 0.3 is 17.6 Å². The number of hydrogen-bond donors (Lipinski definition) is 2. The molecule has 1 atom stereocenters. The molecule has 0 radical (unpaired) electrons. The smallest absolute Gasteiger partial charge is 0.335 e. The van der Waals surface area contributed by atoms with Crippen LogP contribution in [0.1, 0.15) is 50.0 Å². The van der Waals surface area contributed by atoms with Gasteiger partial charge in [-0.1, -0.05) is 0 Å². The number of carbonyl (C=O) groups excluding carboxylic acids is 2. The molecule has 0 bridgehead atoms. The summed E-state index contributed by atoms with van der Waals surface area (Å²) in [6, 6.07) is 3.07. The molecular weight excluding hydrogens is 354 g/mol. The summed E-state index contributed by atoms with van der Waals surface area (Å²) in [5.41, 5.74) is 5.01. The zero-order valence-corrected chi connectivity index (χ0v) is 15.7. The summed E-state index contributed by atoms with van der Waals surface area (Å²) in [6.07, 6.45) is -0.106. The number of aromatic carboxylic acids is 1. The van der Waals surface area contributed by atoms with Crippen molar-refractivity contribution in [3.8, 4) is 0 Å². The summed E-state index contributed by atoms with van der Waals surface area (Å²) in [7, 11) is 1.47. The average Bonchev–Trinajstić information content (AvgIpc) is 2.77. The molecule has 0 fully saturated rings. The number of imidazole rings is 1. The van der Waals surface area contributed by atoms with Crippen molar-refractivity contribution in [1.82, 2.24) is 9.13 Å². The lowest BCUT2D eigenvalue weighted by Gasteiger charge is -2.20. The highest BCUT2D eigenvalue weighted by Gasteiger charge is 2.26. The van der Waals surface area contributed by atoms with Gasteiger partial charge in [0.15, 0.2) is 0 Å². The molecule has 27 heavy (non-hydrogen) atoms. The van der Waals surface area contributed by atoms with E-state index < -0.39 is 35.2 Å². The molecule has 1 amide bonds. The summed E-state index contributed by atoms with van der Waals surface area (Å²) < 4.78 is 7.65. The Hall–Kier alpha value is -3.10. The molecule has 2 aromatic rings. The van der Waals surface area contributed by atoms with Crippen molar-refractivity contribution in [2.24, 2.45) is 12.8 Å². The van der Waals surface area contributed by atoms with Gasteiger partial charge in [-0.05, 0) is 45.4 Å². The molecular formula is C18H23N3O6. The number of fused-ring (bicyclic) bond motifs is 1. The number of hydrogen-bond acceptors (Lipinski definition) is 5. The second kappa shape index (κ2) is 7.26. The molecule has 0 aliphatic heterocycles. The maximum atomic E-state index is 12.6. The third kappa shape index (κ3) is 4.36. The summed E-state index contributed by atoms with van der Waals surface area (Å²) in [5, 5.41) is 9.13. The lowest BCUT2D eigenvalue weighted by molar-refractivity contribution is -0.155. The van der Waals surface area contributed by atoms with Crippen LogP contribution in [0.4, 0.5) is 0 Å². The zero-order chi connectivity index (χ0) is 20.5. The highest BCUT2D eigenvalue weighted by Crippen LogP contribution is 2.22. The van der Waals surface area contributed by atoms with Crippen LogP contribution in [0.25, 0.3) is 11.0 Å². The van der Waals surface area contributed by atoms with Crippen LogP contribution in [0.3, 0.4) is 0 Å². The molecule has 1 aromatic carbocycles. The predicted molar refractivity (Wildman–Crippen MR) is 97.4 cm³/mol.